The molecule has 4 aromatic rings. The lowest BCUT2D eigenvalue weighted by Gasteiger charge is -2.07. The fourth-order valence-electron chi connectivity index (χ4n) is 3.19. The Bertz CT molecular complexity index is 1120. The van der Waals surface area contributed by atoms with E-state index in [4.69, 9.17) is 0 Å². The Kier molecular flexibility index (Phi) is 6.19. The zero-order valence-electron chi connectivity index (χ0n) is 16.9. The minimum Gasteiger partial charge on any atom is -0.507 e. The van der Waals surface area contributed by atoms with E-state index in [9.17, 15) is 10.2 Å². The summed E-state index contributed by atoms with van der Waals surface area (Å²) in [5.74, 6) is 0.370. The first kappa shape index (κ1) is 20.1. The molecule has 31 heavy (non-hydrogen) atoms. The van der Waals surface area contributed by atoms with Crippen molar-refractivity contribution < 1.29 is 10.2 Å². The highest BCUT2D eigenvalue weighted by molar-refractivity contribution is 5.86. The summed E-state index contributed by atoms with van der Waals surface area (Å²) in [6.45, 7) is 0. The Morgan fingerprint density at radius 3 is 1.39 bits per heavy atom. The predicted molar refractivity (Wildman–Crippen MR) is 126 cm³/mol. The van der Waals surface area contributed by atoms with Crippen molar-refractivity contribution in [2.45, 2.75) is 6.42 Å². The van der Waals surface area contributed by atoms with Crippen LogP contribution in [0.2, 0.25) is 0 Å². The number of hydrogen-bond donors (Lipinski definition) is 2. The van der Waals surface area contributed by atoms with Crippen molar-refractivity contribution >= 4 is 23.8 Å². The van der Waals surface area contributed by atoms with Crippen molar-refractivity contribution in [3.63, 3.8) is 0 Å². The Morgan fingerprint density at radius 2 is 0.968 bits per heavy atom. The topological polar surface area (TPSA) is 65.2 Å². The van der Waals surface area contributed by atoms with Crippen LogP contribution in [0.4, 0.5) is 11.4 Å². The second-order valence-electron chi connectivity index (χ2n) is 7.15. The molecule has 0 amide bonds. The molecule has 0 spiro atoms. The van der Waals surface area contributed by atoms with Gasteiger partial charge in [-0.25, -0.2) is 0 Å². The average Bonchev–Trinajstić information content (AvgIpc) is 2.81. The molecule has 0 heterocycles. The number of nitrogens with zero attached hydrogens (tertiary/aromatic N) is 2. The van der Waals surface area contributed by atoms with Gasteiger partial charge in [-0.05, 0) is 66.1 Å². The molecular formula is C27H22N2O2. The van der Waals surface area contributed by atoms with Gasteiger partial charge in [-0.1, -0.05) is 48.5 Å². The molecule has 0 aliphatic carbocycles. The van der Waals surface area contributed by atoms with Crippen LogP contribution in [0.3, 0.4) is 0 Å². The van der Waals surface area contributed by atoms with Gasteiger partial charge in [0.25, 0.3) is 0 Å². The van der Waals surface area contributed by atoms with Crippen LogP contribution in [-0.2, 0) is 6.42 Å². The first-order valence-electron chi connectivity index (χ1n) is 9.99. The van der Waals surface area contributed by atoms with Crippen molar-refractivity contribution in [2.24, 2.45) is 9.98 Å². The fourth-order valence-corrected chi connectivity index (χ4v) is 3.19. The minimum absolute atomic E-state index is 0.185. The van der Waals surface area contributed by atoms with Gasteiger partial charge in [0.05, 0.1) is 11.4 Å². The van der Waals surface area contributed by atoms with Crippen LogP contribution < -0.4 is 0 Å². The largest absolute Gasteiger partial charge is 0.507 e. The van der Waals surface area contributed by atoms with Gasteiger partial charge in [0.2, 0.25) is 0 Å². The second kappa shape index (κ2) is 9.55. The lowest BCUT2D eigenvalue weighted by atomic mass is 10.0. The van der Waals surface area contributed by atoms with E-state index in [-0.39, 0.29) is 11.5 Å². The third-order valence-electron chi connectivity index (χ3n) is 4.81. The molecule has 4 aromatic carbocycles. The van der Waals surface area contributed by atoms with Crippen LogP contribution in [0.25, 0.3) is 0 Å². The Hall–Kier alpha value is -4.18. The van der Waals surface area contributed by atoms with E-state index in [2.05, 4.69) is 9.98 Å². The normalized spacial score (nSPS) is 11.4. The molecule has 0 fully saturated rings. The maximum atomic E-state index is 10.2. The summed E-state index contributed by atoms with van der Waals surface area (Å²) in [6.07, 6.45) is 3.99. The number of aromatic hydroxyl groups is 2. The number of phenols is 2. The summed E-state index contributed by atoms with van der Waals surface area (Å²) in [4.78, 5) is 8.86. The van der Waals surface area contributed by atoms with Crippen LogP contribution in [0.15, 0.2) is 107 Å². The molecule has 0 aliphatic heterocycles. The van der Waals surface area contributed by atoms with E-state index in [1.807, 2.05) is 84.9 Å². The summed E-state index contributed by atoms with van der Waals surface area (Å²) in [5.41, 5.74) is 5.03. The third kappa shape index (κ3) is 5.46. The SMILES string of the molecule is Oc1ccc(Cc2ccc(O)c(C=Nc3ccccc3)c2)cc1C=Nc1ccccc1. The van der Waals surface area contributed by atoms with Crippen LogP contribution in [0, 0.1) is 0 Å². The molecular weight excluding hydrogens is 384 g/mol. The van der Waals surface area contributed by atoms with Gasteiger partial charge in [-0.3, -0.25) is 9.98 Å². The molecule has 152 valence electrons. The highest BCUT2D eigenvalue weighted by Gasteiger charge is 2.05. The Labute approximate surface area is 181 Å². The number of hydrogen-bond acceptors (Lipinski definition) is 4. The first-order valence-corrected chi connectivity index (χ1v) is 9.99. The van der Waals surface area contributed by atoms with Gasteiger partial charge in [-0.15, -0.1) is 0 Å². The molecule has 2 N–H and O–H groups in total. The van der Waals surface area contributed by atoms with Gasteiger partial charge in [0, 0.05) is 23.6 Å². The van der Waals surface area contributed by atoms with Crippen molar-refractivity contribution in [3.05, 3.63) is 119 Å². The minimum atomic E-state index is 0.185. The van der Waals surface area contributed by atoms with Crippen molar-refractivity contribution in [2.75, 3.05) is 0 Å². The quantitative estimate of drug-likeness (QED) is 0.375. The van der Waals surface area contributed by atoms with E-state index in [1.165, 1.54) is 0 Å². The van der Waals surface area contributed by atoms with Gasteiger partial charge >= 0.3 is 0 Å². The van der Waals surface area contributed by atoms with E-state index in [0.717, 1.165) is 22.5 Å². The van der Waals surface area contributed by atoms with E-state index < -0.39 is 0 Å². The van der Waals surface area contributed by atoms with Crippen LogP contribution in [0.5, 0.6) is 11.5 Å². The molecule has 0 aliphatic rings. The molecule has 4 heteroatoms. The van der Waals surface area contributed by atoms with E-state index in [0.29, 0.717) is 17.5 Å². The number of aliphatic imine (C=N–C) groups is 2. The summed E-state index contributed by atoms with van der Waals surface area (Å²) in [5, 5.41) is 20.4. The third-order valence-corrected chi connectivity index (χ3v) is 4.81. The van der Waals surface area contributed by atoms with Crippen LogP contribution in [-0.4, -0.2) is 22.6 Å². The molecule has 0 radical (unpaired) electrons. The first-order chi connectivity index (χ1) is 15.2. The zero-order valence-corrected chi connectivity index (χ0v) is 16.9. The maximum Gasteiger partial charge on any atom is 0.124 e. The lowest BCUT2D eigenvalue weighted by molar-refractivity contribution is 0.474. The van der Waals surface area contributed by atoms with Gasteiger partial charge in [-0.2, -0.15) is 0 Å². The van der Waals surface area contributed by atoms with Crippen molar-refractivity contribution in [3.8, 4) is 11.5 Å². The van der Waals surface area contributed by atoms with Gasteiger partial charge < -0.3 is 10.2 Å². The van der Waals surface area contributed by atoms with Gasteiger partial charge in [0.15, 0.2) is 0 Å². The van der Waals surface area contributed by atoms with Gasteiger partial charge in [0.1, 0.15) is 11.5 Å². The molecule has 0 unspecified atom stereocenters. The van der Waals surface area contributed by atoms with Crippen LogP contribution in [0.1, 0.15) is 22.3 Å². The van der Waals surface area contributed by atoms with Crippen LogP contribution >= 0.6 is 0 Å². The van der Waals surface area contributed by atoms with E-state index >= 15 is 0 Å². The Balaban J connectivity index is 1.54. The highest BCUT2D eigenvalue weighted by Crippen LogP contribution is 2.23. The molecule has 4 rings (SSSR count). The number of phenolic OH excluding ortho intramolecular Hbond substituents is 2. The molecule has 0 saturated carbocycles. The summed E-state index contributed by atoms with van der Waals surface area (Å²) in [6, 6.07) is 30.2. The summed E-state index contributed by atoms with van der Waals surface area (Å²) < 4.78 is 0. The fraction of sp³-hybridized carbons (Fsp3) is 0.0370. The summed E-state index contributed by atoms with van der Waals surface area (Å²) >= 11 is 0. The molecule has 4 nitrogen and oxygen atoms in total. The molecule has 0 atom stereocenters. The molecule has 0 saturated heterocycles. The van der Waals surface area contributed by atoms with Crippen molar-refractivity contribution in [1.29, 1.82) is 0 Å². The number of rotatable bonds is 6. The Morgan fingerprint density at radius 1 is 0.548 bits per heavy atom. The average molecular weight is 406 g/mol. The monoisotopic (exact) mass is 406 g/mol. The zero-order chi connectivity index (χ0) is 21.5. The molecule has 0 aromatic heterocycles. The highest BCUT2D eigenvalue weighted by atomic mass is 16.3. The standard InChI is InChI=1S/C27H22N2O2/c30-26-13-11-20(16-22(26)18-28-24-7-3-1-4-8-24)15-21-12-14-27(31)23(17-21)19-29-25-9-5-2-6-10-25/h1-14,16-19,30-31H,15H2. The predicted octanol–water partition coefficient (Wildman–Crippen LogP) is 6.19. The maximum absolute atomic E-state index is 10.2. The second-order valence-corrected chi connectivity index (χ2v) is 7.15. The smallest absolute Gasteiger partial charge is 0.124 e. The van der Waals surface area contributed by atoms with E-state index in [1.54, 1.807) is 24.6 Å². The van der Waals surface area contributed by atoms with Crippen molar-refractivity contribution in [1.82, 2.24) is 0 Å². The summed E-state index contributed by atoms with van der Waals surface area (Å²) in [7, 11) is 0. The number of benzene rings is 4. The lowest BCUT2D eigenvalue weighted by Crippen LogP contribution is -1.93. The number of para-hydroxylation sites is 2. The molecule has 0 bridgehead atoms.